The van der Waals surface area contributed by atoms with Crippen molar-refractivity contribution in [1.29, 1.82) is 0 Å². The Kier molecular flexibility index (Phi) is 3.14. The summed E-state index contributed by atoms with van der Waals surface area (Å²) >= 11 is 0. The van der Waals surface area contributed by atoms with Crippen LogP contribution >= 0.6 is 0 Å². The van der Waals surface area contributed by atoms with Crippen LogP contribution in [0.2, 0.25) is 0 Å². The standard InChI is InChI=1S/C13H11FN2O/c1-16-12(7-8-15-16)13(17)6-5-10-3-2-4-11(14)9-10/h2-9H,1H3/b6-5+. The van der Waals surface area contributed by atoms with Crippen molar-refractivity contribution in [2.24, 2.45) is 7.05 Å². The molecule has 0 saturated heterocycles. The van der Waals surface area contributed by atoms with E-state index in [0.717, 1.165) is 0 Å². The minimum Gasteiger partial charge on any atom is -0.288 e. The molecule has 17 heavy (non-hydrogen) atoms. The maximum Gasteiger partial charge on any atom is 0.203 e. The predicted octanol–water partition coefficient (Wildman–Crippen LogP) is 2.46. The van der Waals surface area contributed by atoms with E-state index in [2.05, 4.69) is 5.10 Å². The summed E-state index contributed by atoms with van der Waals surface area (Å²) in [6.07, 6.45) is 4.55. The zero-order chi connectivity index (χ0) is 12.3. The lowest BCUT2D eigenvalue weighted by molar-refractivity contribution is 0.103. The second-order valence-corrected chi connectivity index (χ2v) is 3.59. The Labute approximate surface area is 98.2 Å². The van der Waals surface area contributed by atoms with Gasteiger partial charge < -0.3 is 0 Å². The number of carbonyl (C=O) groups is 1. The number of aromatic nitrogens is 2. The van der Waals surface area contributed by atoms with Crippen molar-refractivity contribution in [2.45, 2.75) is 0 Å². The molecule has 2 aromatic rings. The molecule has 0 spiro atoms. The number of ketones is 1. The van der Waals surface area contributed by atoms with Crippen LogP contribution in [0.5, 0.6) is 0 Å². The van der Waals surface area contributed by atoms with Crippen molar-refractivity contribution < 1.29 is 9.18 Å². The maximum atomic E-state index is 12.9. The third-order valence-corrected chi connectivity index (χ3v) is 2.35. The lowest BCUT2D eigenvalue weighted by atomic mass is 10.1. The molecule has 0 bridgehead atoms. The van der Waals surface area contributed by atoms with Gasteiger partial charge in [-0.1, -0.05) is 18.2 Å². The Morgan fingerprint density at radius 1 is 1.41 bits per heavy atom. The topological polar surface area (TPSA) is 34.9 Å². The first kappa shape index (κ1) is 11.3. The quantitative estimate of drug-likeness (QED) is 0.599. The lowest BCUT2D eigenvalue weighted by Crippen LogP contribution is -2.03. The molecular formula is C13H11FN2O. The molecule has 1 aromatic heterocycles. The molecule has 1 aromatic carbocycles. The molecule has 0 saturated carbocycles. The van der Waals surface area contributed by atoms with Crippen molar-refractivity contribution in [3.8, 4) is 0 Å². The highest BCUT2D eigenvalue weighted by Gasteiger charge is 2.05. The fraction of sp³-hybridized carbons (Fsp3) is 0.0769. The van der Waals surface area contributed by atoms with Crippen LogP contribution in [0.15, 0.2) is 42.6 Å². The molecule has 0 aliphatic carbocycles. The number of benzene rings is 1. The van der Waals surface area contributed by atoms with E-state index < -0.39 is 0 Å². The number of halogens is 1. The number of aryl methyl sites for hydroxylation is 1. The van der Waals surface area contributed by atoms with Crippen molar-refractivity contribution in [3.05, 3.63) is 59.7 Å². The molecule has 4 heteroatoms. The van der Waals surface area contributed by atoms with Gasteiger partial charge in [-0.3, -0.25) is 9.48 Å². The molecule has 0 unspecified atom stereocenters. The largest absolute Gasteiger partial charge is 0.288 e. The highest BCUT2D eigenvalue weighted by Crippen LogP contribution is 2.07. The molecule has 0 N–H and O–H groups in total. The number of carbonyl (C=O) groups excluding carboxylic acids is 1. The Bertz CT molecular complexity index is 572. The van der Waals surface area contributed by atoms with Crippen molar-refractivity contribution >= 4 is 11.9 Å². The number of allylic oxidation sites excluding steroid dienone is 1. The smallest absolute Gasteiger partial charge is 0.203 e. The van der Waals surface area contributed by atoms with Crippen LogP contribution in [0.25, 0.3) is 6.08 Å². The van der Waals surface area contributed by atoms with Gasteiger partial charge in [0.05, 0.1) is 0 Å². The van der Waals surface area contributed by atoms with Gasteiger partial charge in [0, 0.05) is 13.2 Å². The summed E-state index contributed by atoms with van der Waals surface area (Å²) in [4.78, 5) is 11.7. The van der Waals surface area contributed by atoms with Crippen LogP contribution in [0.1, 0.15) is 16.1 Å². The number of hydrogen-bond donors (Lipinski definition) is 0. The first-order chi connectivity index (χ1) is 8.16. The van der Waals surface area contributed by atoms with Crippen LogP contribution < -0.4 is 0 Å². The van der Waals surface area contributed by atoms with Gasteiger partial charge in [0.25, 0.3) is 0 Å². The third-order valence-electron chi connectivity index (χ3n) is 2.35. The Morgan fingerprint density at radius 3 is 2.88 bits per heavy atom. The highest BCUT2D eigenvalue weighted by atomic mass is 19.1. The minimum absolute atomic E-state index is 0.158. The molecule has 3 nitrogen and oxygen atoms in total. The van der Waals surface area contributed by atoms with E-state index in [0.29, 0.717) is 11.3 Å². The summed E-state index contributed by atoms with van der Waals surface area (Å²) < 4.78 is 14.4. The normalized spacial score (nSPS) is 10.9. The Hall–Kier alpha value is -2.23. The summed E-state index contributed by atoms with van der Waals surface area (Å²) in [5.74, 6) is -0.477. The third kappa shape index (κ3) is 2.66. The van der Waals surface area contributed by atoms with E-state index in [1.165, 1.54) is 22.9 Å². The van der Waals surface area contributed by atoms with Crippen LogP contribution in [-0.2, 0) is 7.05 Å². The highest BCUT2D eigenvalue weighted by molar-refractivity contribution is 6.05. The Balaban J connectivity index is 2.17. The number of rotatable bonds is 3. The summed E-state index contributed by atoms with van der Waals surface area (Å²) in [5, 5.41) is 3.91. The SMILES string of the molecule is Cn1nccc1C(=O)/C=C/c1cccc(F)c1. The van der Waals surface area contributed by atoms with Crippen LogP contribution in [0, 0.1) is 5.82 Å². The number of hydrogen-bond acceptors (Lipinski definition) is 2. The molecule has 0 amide bonds. The average Bonchev–Trinajstić information content (AvgIpc) is 2.72. The van der Waals surface area contributed by atoms with Crippen molar-refractivity contribution in [2.75, 3.05) is 0 Å². The van der Waals surface area contributed by atoms with Gasteiger partial charge in [0.15, 0.2) is 0 Å². The van der Waals surface area contributed by atoms with Gasteiger partial charge in [-0.25, -0.2) is 4.39 Å². The van der Waals surface area contributed by atoms with Gasteiger partial charge in [-0.15, -0.1) is 0 Å². The van der Waals surface area contributed by atoms with E-state index in [4.69, 9.17) is 0 Å². The maximum absolute atomic E-state index is 12.9. The molecule has 2 rings (SSSR count). The fourth-order valence-corrected chi connectivity index (χ4v) is 1.48. The van der Waals surface area contributed by atoms with E-state index in [1.54, 1.807) is 37.5 Å². The average molecular weight is 230 g/mol. The minimum atomic E-state index is -0.319. The molecule has 0 fully saturated rings. The summed E-state index contributed by atoms with van der Waals surface area (Å²) in [5.41, 5.74) is 1.15. The zero-order valence-electron chi connectivity index (χ0n) is 9.30. The Morgan fingerprint density at radius 2 is 2.24 bits per heavy atom. The summed E-state index contributed by atoms with van der Waals surface area (Å²) in [7, 11) is 1.70. The van der Waals surface area contributed by atoms with E-state index in [1.807, 2.05) is 0 Å². The molecular weight excluding hydrogens is 219 g/mol. The van der Waals surface area contributed by atoms with Crippen LogP contribution in [0.3, 0.4) is 0 Å². The first-order valence-corrected chi connectivity index (χ1v) is 5.13. The van der Waals surface area contributed by atoms with Gasteiger partial charge in [-0.05, 0) is 29.8 Å². The zero-order valence-corrected chi connectivity index (χ0v) is 9.30. The fourth-order valence-electron chi connectivity index (χ4n) is 1.48. The molecule has 0 aliphatic rings. The second-order valence-electron chi connectivity index (χ2n) is 3.59. The molecule has 1 heterocycles. The van der Waals surface area contributed by atoms with Crippen LogP contribution in [0.4, 0.5) is 4.39 Å². The van der Waals surface area contributed by atoms with Gasteiger partial charge in [0.2, 0.25) is 5.78 Å². The van der Waals surface area contributed by atoms with Gasteiger partial charge in [0.1, 0.15) is 11.5 Å². The predicted molar refractivity (Wildman–Crippen MR) is 63.0 cm³/mol. The van der Waals surface area contributed by atoms with E-state index in [9.17, 15) is 9.18 Å². The first-order valence-electron chi connectivity index (χ1n) is 5.13. The lowest BCUT2D eigenvalue weighted by Gasteiger charge is -1.96. The van der Waals surface area contributed by atoms with E-state index >= 15 is 0 Å². The molecule has 86 valence electrons. The molecule has 0 aliphatic heterocycles. The molecule has 0 radical (unpaired) electrons. The summed E-state index contributed by atoms with van der Waals surface area (Å²) in [6.45, 7) is 0. The van der Waals surface area contributed by atoms with E-state index in [-0.39, 0.29) is 11.6 Å². The summed E-state index contributed by atoms with van der Waals surface area (Å²) in [6, 6.07) is 7.70. The van der Waals surface area contributed by atoms with Crippen molar-refractivity contribution in [3.63, 3.8) is 0 Å². The second kappa shape index (κ2) is 4.74. The van der Waals surface area contributed by atoms with Gasteiger partial charge in [-0.2, -0.15) is 5.10 Å². The molecule has 0 atom stereocenters. The van der Waals surface area contributed by atoms with Crippen molar-refractivity contribution in [1.82, 2.24) is 9.78 Å². The number of nitrogens with zero attached hydrogens (tertiary/aromatic N) is 2. The van der Waals surface area contributed by atoms with Gasteiger partial charge >= 0.3 is 0 Å². The monoisotopic (exact) mass is 230 g/mol. The van der Waals surface area contributed by atoms with Crippen LogP contribution in [-0.4, -0.2) is 15.6 Å².